The highest BCUT2D eigenvalue weighted by molar-refractivity contribution is 7.61. The smallest absolute Gasteiger partial charge is 0.462 e. The summed E-state index contributed by atoms with van der Waals surface area (Å²) in [5, 5.41) is 31.3. The Hall–Kier alpha value is -3.06. The number of hydrogen-bond acceptors (Lipinski definition) is 16. The van der Waals surface area contributed by atoms with Gasteiger partial charge in [0.2, 0.25) is 0 Å². The van der Waals surface area contributed by atoms with Crippen molar-refractivity contribution in [1.82, 2.24) is 9.55 Å². The van der Waals surface area contributed by atoms with Crippen LogP contribution in [0.3, 0.4) is 0 Å². The lowest BCUT2D eigenvalue weighted by molar-refractivity contribution is -0.161. The monoisotopic (exact) mass is 1010 g/mol. The number of esters is 2. The number of carbonyl (C=O) groups is 2. The first-order valence-electron chi connectivity index (χ1n) is 24.5. The molecule has 7 N–H and O–H groups in total. The maximum atomic E-state index is 12.8. The Morgan fingerprint density at radius 3 is 2.16 bits per heavy atom. The predicted octanol–water partition coefficient (Wildman–Crippen LogP) is 8.44. The van der Waals surface area contributed by atoms with Crippen LogP contribution in [-0.2, 0) is 46.3 Å². The molecule has 0 saturated carbocycles. The van der Waals surface area contributed by atoms with Gasteiger partial charge in [0.15, 0.2) is 12.3 Å². The molecule has 68 heavy (non-hydrogen) atoms. The SMILES string of the molecule is CCCCCCCC/C=C/C/C=C/C=C/C(O)CCCC(=O)O[C@H](COC(=O)CCCCCCCCCCC(C)CC)COP(=O)(O)OP(=O)(O)OC[C@H]1O[C@@H](n2ccc(N)nc2=O)[C@H](O)[C@@H]1O. The number of allylic oxidation sites excluding steroid dienone is 5. The fraction of sp³-hybridized carbons (Fsp3) is 0.745. The number of ether oxygens (including phenoxy) is 3. The van der Waals surface area contributed by atoms with Gasteiger partial charge in [-0.2, -0.15) is 9.29 Å². The summed E-state index contributed by atoms with van der Waals surface area (Å²) in [7, 11) is -10.9. The molecule has 0 aromatic carbocycles. The number of anilines is 1. The maximum Gasteiger partial charge on any atom is 0.481 e. The molecule has 0 spiro atoms. The molecule has 390 valence electrons. The number of unbranched alkanes of at least 4 members (excludes halogenated alkanes) is 13. The van der Waals surface area contributed by atoms with Gasteiger partial charge in [-0.1, -0.05) is 147 Å². The molecule has 1 aliphatic heterocycles. The minimum atomic E-state index is -5.46. The number of aromatic nitrogens is 2. The van der Waals surface area contributed by atoms with Crippen LogP contribution >= 0.6 is 15.6 Å². The number of nitrogens with zero attached hydrogens (tertiary/aromatic N) is 2. The van der Waals surface area contributed by atoms with Crippen LogP contribution in [0.5, 0.6) is 0 Å². The number of phosphoric ester groups is 2. The normalized spacial score (nSPS) is 20.7. The van der Waals surface area contributed by atoms with Crippen LogP contribution in [0.1, 0.15) is 168 Å². The molecule has 0 bridgehead atoms. The third-order valence-corrected chi connectivity index (χ3v) is 14.0. The molecule has 1 fully saturated rings. The van der Waals surface area contributed by atoms with Crippen LogP contribution in [-0.4, -0.2) is 96.9 Å². The highest BCUT2D eigenvalue weighted by atomic mass is 31.3. The van der Waals surface area contributed by atoms with Crippen LogP contribution < -0.4 is 11.4 Å². The third-order valence-electron chi connectivity index (χ3n) is 11.4. The van der Waals surface area contributed by atoms with Crippen molar-refractivity contribution < 1.29 is 71.4 Å². The van der Waals surface area contributed by atoms with Crippen molar-refractivity contribution in [3.8, 4) is 0 Å². The van der Waals surface area contributed by atoms with Crippen molar-refractivity contribution in [3.63, 3.8) is 0 Å². The van der Waals surface area contributed by atoms with Crippen LogP contribution in [0.4, 0.5) is 5.82 Å². The number of aliphatic hydroxyl groups is 3. The number of carbonyl (C=O) groups excluding carboxylic acids is 2. The van der Waals surface area contributed by atoms with Crippen molar-refractivity contribution in [2.45, 2.75) is 199 Å². The molecule has 1 aliphatic rings. The Morgan fingerprint density at radius 1 is 0.824 bits per heavy atom. The van der Waals surface area contributed by atoms with E-state index >= 15 is 0 Å². The van der Waals surface area contributed by atoms with Crippen molar-refractivity contribution in [3.05, 3.63) is 59.2 Å². The molecule has 4 unspecified atom stereocenters. The van der Waals surface area contributed by atoms with Gasteiger partial charge in [-0.25, -0.2) is 13.9 Å². The standard InChI is InChI=1S/C47H81N3O16P2/c1-4-6-7-8-9-10-11-12-13-14-18-21-24-28-38(51)29-26-31-43(53)64-39(34-61-42(52)30-25-22-19-16-15-17-20-23-27-37(3)5-2)35-62-67(57,58)66-68(59,60)63-36-40-44(54)45(55)46(65-40)50-33-32-41(48)49-47(50)56/h12-13,18,21,24,28,32-33,37-40,44-46,51,54-55H,4-11,14-17,19-20,22-23,25-27,29-31,34-36H2,1-3H3,(H,57,58)(H,59,60)(H2,48,49,56)/b13-12+,21-18+,28-24+/t37?,38?,39-,40-,44-,45-,46-/m1/s1. The summed E-state index contributed by atoms with van der Waals surface area (Å²) in [6.07, 6.45) is 24.2. The molecule has 1 aromatic heterocycles. The van der Waals surface area contributed by atoms with Crippen LogP contribution in [0.15, 0.2) is 53.5 Å². The van der Waals surface area contributed by atoms with E-state index in [4.69, 9.17) is 29.0 Å². The van der Waals surface area contributed by atoms with Gasteiger partial charge in [0.05, 0.1) is 19.3 Å². The first-order valence-corrected chi connectivity index (χ1v) is 27.5. The summed E-state index contributed by atoms with van der Waals surface area (Å²) >= 11 is 0. The number of hydrogen-bond donors (Lipinski definition) is 6. The Bertz CT molecular complexity index is 1810. The first kappa shape index (κ1) is 61.1. The summed E-state index contributed by atoms with van der Waals surface area (Å²) in [4.78, 5) is 61.8. The quantitative estimate of drug-likeness (QED) is 0.0119. The van der Waals surface area contributed by atoms with E-state index in [2.05, 4.69) is 42.2 Å². The zero-order valence-corrected chi connectivity index (χ0v) is 42.2. The van der Waals surface area contributed by atoms with Gasteiger partial charge < -0.3 is 45.1 Å². The number of aliphatic hydroxyl groups excluding tert-OH is 3. The van der Waals surface area contributed by atoms with Gasteiger partial charge in [-0.05, 0) is 50.5 Å². The minimum absolute atomic E-state index is 0.0877. The molecule has 2 rings (SSSR count). The van der Waals surface area contributed by atoms with E-state index in [0.717, 1.165) is 55.2 Å². The first-order chi connectivity index (χ1) is 32.5. The second-order valence-corrected chi connectivity index (χ2v) is 20.5. The largest absolute Gasteiger partial charge is 0.481 e. The Labute approximate surface area is 402 Å². The van der Waals surface area contributed by atoms with E-state index < -0.39 is 89.8 Å². The predicted molar refractivity (Wildman–Crippen MR) is 258 cm³/mol. The molecular formula is C47H81N3O16P2. The molecule has 2 heterocycles. The molecule has 0 aliphatic carbocycles. The fourth-order valence-electron chi connectivity index (χ4n) is 7.12. The van der Waals surface area contributed by atoms with E-state index in [0.29, 0.717) is 6.42 Å². The summed E-state index contributed by atoms with van der Waals surface area (Å²) in [6.45, 7) is 4.23. The molecule has 9 atom stereocenters. The van der Waals surface area contributed by atoms with Gasteiger partial charge in [-0.3, -0.25) is 23.2 Å². The average molecular weight is 1010 g/mol. The van der Waals surface area contributed by atoms with Gasteiger partial charge in [-0.15, -0.1) is 0 Å². The van der Waals surface area contributed by atoms with E-state index in [1.165, 1.54) is 76.7 Å². The fourth-order valence-corrected chi connectivity index (χ4v) is 9.23. The van der Waals surface area contributed by atoms with Gasteiger partial charge in [0.1, 0.15) is 30.7 Å². The Kier molecular flexibility index (Phi) is 31.5. The molecular weight excluding hydrogens is 924 g/mol. The van der Waals surface area contributed by atoms with Crippen molar-refractivity contribution in [2.24, 2.45) is 5.92 Å². The lowest BCUT2D eigenvalue weighted by atomic mass is 9.99. The van der Waals surface area contributed by atoms with E-state index in [1.807, 2.05) is 12.2 Å². The number of rotatable bonds is 39. The number of nitrogens with two attached hydrogens (primary N) is 1. The highest BCUT2D eigenvalue weighted by Crippen LogP contribution is 2.60. The Morgan fingerprint density at radius 2 is 1.47 bits per heavy atom. The lowest BCUT2D eigenvalue weighted by Crippen LogP contribution is -2.36. The molecule has 0 radical (unpaired) electrons. The summed E-state index contributed by atoms with van der Waals surface area (Å²) in [5.41, 5.74) is 4.57. The lowest BCUT2D eigenvalue weighted by Gasteiger charge is -2.21. The second-order valence-electron chi connectivity index (χ2n) is 17.4. The molecule has 19 nitrogen and oxygen atoms in total. The molecule has 1 aromatic rings. The number of nitrogen functional groups attached to an aromatic ring is 1. The molecule has 1 saturated heterocycles. The van der Waals surface area contributed by atoms with Crippen LogP contribution in [0.25, 0.3) is 0 Å². The van der Waals surface area contributed by atoms with Crippen molar-refractivity contribution in [2.75, 3.05) is 25.6 Å². The summed E-state index contributed by atoms with van der Waals surface area (Å²) in [6, 6.07) is 1.24. The van der Waals surface area contributed by atoms with Crippen molar-refractivity contribution >= 4 is 33.4 Å². The third kappa shape index (κ3) is 28.0. The van der Waals surface area contributed by atoms with Gasteiger partial charge in [0, 0.05) is 19.0 Å². The average Bonchev–Trinajstić information content (AvgIpc) is 3.57. The minimum Gasteiger partial charge on any atom is -0.462 e. The Balaban J connectivity index is 1.87. The molecule has 0 amide bonds. The summed E-state index contributed by atoms with van der Waals surface area (Å²) < 4.78 is 56.5. The van der Waals surface area contributed by atoms with Gasteiger partial charge >= 0.3 is 33.3 Å². The molecule has 21 heteroatoms. The zero-order valence-electron chi connectivity index (χ0n) is 40.4. The van der Waals surface area contributed by atoms with Crippen LogP contribution in [0, 0.1) is 5.92 Å². The van der Waals surface area contributed by atoms with E-state index in [9.17, 15) is 48.6 Å². The second kappa shape index (κ2) is 35.1. The zero-order chi connectivity index (χ0) is 50.2. The highest BCUT2D eigenvalue weighted by Gasteiger charge is 2.46. The topological polar surface area (TPSA) is 286 Å². The van der Waals surface area contributed by atoms with Crippen LogP contribution in [0.2, 0.25) is 0 Å². The summed E-state index contributed by atoms with van der Waals surface area (Å²) in [5.74, 6) is -0.743. The maximum absolute atomic E-state index is 12.8. The van der Waals surface area contributed by atoms with E-state index in [1.54, 1.807) is 12.2 Å². The van der Waals surface area contributed by atoms with Crippen molar-refractivity contribution in [1.29, 1.82) is 0 Å². The number of phosphoric acid groups is 2. The van der Waals surface area contributed by atoms with E-state index in [-0.39, 0.29) is 31.5 Å². The van der Waals surface area contributed by atoms with Gasteiger partial charge in [0.25, 0.3) is 0 Å².